The van der Waals surface area contributed by atoms with Crippen LogP contribution in [-0.4, -0.2) is 46.0 Å². The van der Waals surface area contributed by atoms with Crippen LogP contribution in [0.3, 0.4) is 0 Å². The second-order valence-electron chi connectivity index (χ2n) is 11.2. The van der Waals surface area contributed by atoms with Gasteiger partial charge in [0.15, 0.2) is 0 Å². The number of aromatic nitrogens is 1. The molecule has 7 nitrogen and oxygen atoms in total. The summed E-state index contributed by atoms with van der Waals surface area (Å²) < 4.78 is 27.0. The van der Waals surface area contributed by atoms with Gasteiger partial charge in [-0.1, -0.05) is 54.6 Å². The molecule has 4 N–H and O–H groups in total. The maximum absolute atomic E-state index is 13.5. The van der Waals surface area contributed by atoms with Crippen LogP contribution >= 0.6 is 0 Å². The average molecular weight is 549 g/mol. The summed E-state index contributed by atoms with van der Waals surface area (Å²) in [5.41, 5.74) is 9.75. The van der Waals surface area contributed by atoms with Crippen LogP contribution in [0.1, 0.15) is 50.5 Å². The zero-order valence-corrected chi connectivity index (χ0v) is 22.4. The minimum atomic E-state index is -2.72. The van der Waals surface area contributed by atoms with Crippen molar-refractivity contribution in [3.05, 3.63) is 72.4 Å². The molecule has 3 aromatic rings. The maximum atomic E-state index is 13.5. The molecule has 0 atom stereocenters. The van der Waals surface area contributed by atoms with Crippen LogP contribution in [0.25, 0.3) is 22.4 Å². The standard InChI is InChI=1S/C31H34F2N4O3/c1-37(29(39)40)25-13-7-20(8-14-25)15-27(38)36-24-16-26(21-5-3-2-4-6-21)28(35-17-24)22-9-11-23(12-10-22)30(34)18-31(32,33)19-30/h2-6,9-12,16-17,20,25H,7-8,13-15,18-19,34H2,1H3,(H,36,38)(H,39,40)/t20-,25-. The van der Waals surface area contributed by atoms with Crippen LogP contribution in [0.15, 0.2) is 66.9 Å². The molecule has 40 heavy (non-hydrogen) atoms. The Morgan fingerprint density at radius 3 is 2.27 bits per heavy atom. The van der Waals surface area contributed by atoms with E-state index in [0.29, 0.717) is 23.4 Å². The van der Waals surface area contributed by atoms with Crippen molar-refractivity contribution in [3.8, 4) is 22.4 Å². The summed E-state index contributed by atoms with van der Waals surface area (Å²) in [6, 6.07) is 18.9. The molecule has 2 amide bonds. The lowest BCUT2D eigenvalue weighted by molar-refractivity contribution is -0.125. The molecule has 9 heteroatoms. The van der Waals surface area contributed by atoms with E-state index in [2.05, 4.69) is 5.32 Å². The Hall–Kier alpha value is -3.85. The lowest BCUT2D eigenvalue weighted by Gasteiger charge is -2.44. The zero-order chi connectivity index (χ0) is 28.5. The molecule has 2 aliphatic rings. The number of amides is 2. The molecule has 0 radical (unpaired) electrons. The van der Waals surface area contributed by atoms with E-state index in [1.807, 2.05) is 48.5 Å². The van der Waals surface area contributed by atoms with Crippen molar-refractivity contribution in [1.29, 1.82) is 0 Å². The molecule has 0 aliphatic heterocycles. The molecule has 0 spiro atoms. The van der Waals surface area contributed by atoms with Crippen molar-refractivity contribution in [2.75, 3.05) is 12.4 Å². The molecule has 2 fully saturated rings. The highest BCUT2D eigenvalue weighted by atomic mass is 19.3. The Bertz CT molecular complexity index is 1370. The van der Waals surface area contributed by atoms with Crippen molar-refractivity contribution in [2.24, 2.45) is 11.7 Å². The van der Waals surface area contributed by atoms with Gasteiger partial charge in [0.1, 0.15) is 0 Å². The third-order valence-corrected chi connectivity index (χ3v) is 8.28. The van der Waals surface area contributed by atoms with Crippen LogP contribution in [0.4, 0.5) is 19.3 Å². The molecule has 2 aromatic carbocycles. The average Bonchev–Trinajstić information content (AvgIpc) is 2.92. The molecule has 0 bridgehead atoms. The van der Waals surface area contributed by atoms with Gasteiger partial charge >= 0.3 is 6.09 Å². The largest absolute Gasteiger partial charge is 0.465 e. The number of rotatable bonds is 7. The number of nitrogens with one attached hydrogen (secondary N) is 1. The molecule has 0 saturated heterocycles. The molecule has 2 aliphatic carbocycles. The molecule has 0 unspecified atom stereocenters. The predicted molar refractivity (Wildman–Crippen MR) is 150 cm³/mol. The quantitative estimate of drug-likeness (QED) is 0.313. The lowest BCUT2D eigenvalue weighted by atomic mass is 9.70. The third kappa shape index (κ3) is 5.99. The normalized spacial score (nSPS) is 21.2. The summed E-state index contributed by atoms with van der Waals surface area (Å²) in [5.74, 6) is -2.61. The number of carboxylic acid groups (broad SMARTS) is 1. The number of hydrogen-bond acceptors (Lipinski definition) is 4. The summed E-state index contributed by atoms with van der Waals surface area (Å²) in [5, 5.41) is 12.2. The molecule has 210 valence electrons. The number of anilines is 1. The van der Waals surface area contributed by atoms with Gasteiger partial charge in [-0.25, -0.2) is 13.6 Å². The summed E-state index contributed by atoms with van der Waals surface area (Å²) in [4.78, 5) is 30.2. The maximum Gasteiger partial charge on any atom is 0.407 e. The summed E-state index contributed by atoms with van der Waals surface area (Å²) in [7, 11) is 1.60. The van der Waals surface area contributed by atoms with Gasteiger partial charge in [-0.15, -0.1) is 0 Å². The topological polar surface area (TPSA) is 109 Å². The van der Waals surface area contributed by atoms with Crippen molar-refractivity contribution < 1.29 is 23.5 Å². The lowest BCUT2D eigenvalue weighted by Crippen LogP contribution is -2.55. The number of alkyl halides is 2. The van der Waals surface area contributed by atoms with E-state index in [0.717, 1.165) is 42.4 Å². The van der Waals surface area contributed by atoms with E-state index in [1.165, 1.54) is 4.90 Å². The molecular formula is C31H34F2N4O3. The van der Waals surface area contributed by atoms with Gasteiger partial charge in [0.2, 0.25) is 5.91 Å². The first-order valence-corrected chi connectivity index (χ1v) is 13.6. The van der Waals surface area contributed by atoms with Crippen LogP contribution < -0.4 is 11.1 Å². The number of hydrogen-bond donors (Lipinski definition) is 3. The Labute approximate surface area is 232 Å². The van der Waals surface area contributed by atoms with E-state index in [9.17, 15) is 23.5 Å². The first-order chi connectivity index (χ1) is 19.0. The fraction of sp³-hybridized carbons (Fsp3) is 0.387. The Morgan fingerprint density at radius 1 is 1.02 bits per heavy atom. The van der Waals surface area contributed by atoms with Gasteiger partial charge in [0.25, 0.3) is 5.92 Å². The van der Waals surface area contributed by atoms with E-state index < -0.39 is 17.6 Å². The first kappa shape index (κ1) is 27.7. The second kappa shape index (κ2) is 11.0. The Balaban J connectivity index is 1.30. The van der Waals surface area contributed by atoms with Crippen LogP contribution in [0.2, 0.25) is 0 Å². The molecule has 1 aromatic heterocycles. The smallest absolute Gasteiger partial charge is 0.407 e. The van der Waals surface area contributed by atoms with Crippen molar-refractivity contribution in [3.63, 3.8) is 0 Å². The number of benzene rings is 2. The molecular weight excluding hydrogens is 514 g/mol. The van der Waals surface area contributed by atoms with Crippen LogP contribution in [-0.2, 0) is 10.3 Å². The molecule has 5 rings (SSSR count). The van der Waals surface area contributed by atoms with E-state index in [4.69, 9.17) is 10.7 Å². The summed E-state index contributed by atoms with van der Waals surface area (Å²) in [6.07, 6.45) is 3.47. The highest BCUT2D eigenvalue weighted by Gasteiger charge is 2.55. The zero-order valence-electron chi connectivity index (χ0n) is 22.4. The number of halogens is 2. The second-order valence-corrected chi connectivity index (χ2v) is 11.2. The monoisotopic (exact) mass is 548 g/mol. The van der Waals surface area contributed by atoms with E-state index in [-0.39, 0.29) is 30.7 Å². The summed E-state index contributed by atoms with van der Waals surface area (Å²) in [6.45, 7) is 0. The molecule has 1 heterocycles. The highest BCUT2D eigenvalue weighted by Crippen LogP contribution is 2.50. The fourth-order valence-corrected chi connectivity index (χ4v) is 6.00. The number of nitrogens with two attached hydrogens (primary N) is 1. The fourth-order valence-electron chi connectivity index (χ4n) is 6.00. The van der Waals surface area contributed by atoms with Crippen molar-refractivity contribution >= 4 is 17.7 Å². The molecule has 2 saturated carbocycles. The van der Waals surface area contributed by atoms with Gasteiger partial charge in [-0.2, -0.15) is 0 Å². The highest BCUT2D eigenvalue weighted by molar-refractivity contribution is 5.93. The number of carbonyl (C=O) groups is 2. The van der Waals surface area contributed by atoms with Crippen LogP contribution in [0.5, 0.6) is 0 Å². The van der Waals surface area contributed by atoms with Gasteiger partial charge in [-0.05, 0) is 48.8 Å². The van der Waals surface area contributed by atoms with E-state index in [1.54, 1.807) is 25.4 Å². The van der Waals surface area contributed by atoms with Crippen molar-refractivity contribution in [1.82, 2.24) is 9.88 Å². The van der Waals surface area contributed by atoms with Gasteiger partial charge in [-0.3, -0.25) is 9.78 Å². The third-order valence-electron chi connectivity index (χ3n) is 8.28. The summed E-state index contributed by atoms with van der Waals surface area (Å²) >= 11 is 0. The number of carbonyl (C=O) groups excluding carboxylic acids is 1. The Kier molecular flexibility index (Phi) is 7.59. The predicted octanol–water partition coefficient (Wildman–Crippen LogP) is 6.50. The van der Waals surface area contributed by atoms with E-state index >= 15 is 0 Å². The van der Waals surface area contributed by atoms with Crippen LogP contribution in [0, 0.1) is 5.92 Å². The first-order valence-electron chi connectivity index (χ1n) is 13.6. The van der Waals surface area contributed by atoms with Gasteiger partial charge < -0.3 is 21.1 Å². The number of nitrogens with zero attached hydrogens (tertiary/aromatic N) is 2. The minimum absolute atomic E-state index is 0.00102. The number of pyridine rings is 1. The Morgan fingerprint density at radius 2 is 1.68 bits per heavy atom. The van der Waals surface area contributed by atoms with Gasteiger partial charge in [0, 0.05) is 43.5 Å². The van der Waals surface area contributed by atoms with Crippen molar-refractivity contribution in [2.45, 2.75) is 62.4 Å². The SMILES string of the molecule is CN(C(=O)O)[C@H]1CC[C@H](CC(=O)Nc2cnc(-c3ccc(C4(N)CC(F)(F)C4)cc3)c(-c3ccccc3)c2)CC1. The minimum Gasteiger partial charge on any atom is -0.465 e. The van der Waals surface area contributed by atoms with Gasteiger partial charge in [0.05, 0.1) is 23.1 Å².